The molecule has 0 heterocycles. The molecular weight excluding hydrogens is 572 g/mol. The van der Waals surface area contributed by atoms with E-state index in [1.807, 2.05) is 78.5 Å². The van der Waals surface area contributed by atoms with Crippen LogP contribution in [-0.4, -0.2) is 70.6 Å². The third kappa shape index (κ3) is 12.9. The summed E-state index contributed by atoms with van der Waals surface area (Å²) in [5.41, 5.74) is 2.58. The maximum absolute atomic E-state index is 13.0. The Morgan fingerprint density at radius 3 is 1.80 bits per heavy atom. The highest BCUT2D eigenvalue weighted by atomic mass is 32.2. The number of benzene rings is 3. The molecule has 0 aliphatic heterocycles. The molecule has 0 bridgehead atoms. The molecular formula is C35H46N4O4S. The minimum Gasteiger partial charge on any atom is -0.480 e. The first-order valence-electron chi connectivity index (χ1n) is 15.1. The summed E-state index contributed by atoms with van der Waals surface area (Å²) < 4.78 is 0.0417. The zero-order valence-electron chi connectivity index (χ0n) is 26.1. The Kier molecular flexibility index (Phi) is 13.9. The standard InChI is InChI=1S/C35H46N4O4S/c1-25(32(40)39-31(34(42)43)21-27-16-10-6-11-17-27)36-23-30(24-44-35(2,3)4)37-22-29(20-26-14-8-5-9-15-26)38-33(41)28-18-12-7-13-19-28/h5-19,25,29-31,36-37H,20-24H2,1-4H3,(H,38,41)(H,39,40)(H,42,43)/t25-,29-,30+,31-/m0/s1. The number of nitrogens with one attached hydrogen (secondary N) is 4. The fourth-order valence-corrected chi connectivity index (χ4v) is 5.48. The molecule has 3 aromatic carbocycles. The molecule has 0 aliphatic carbocycles. The van der Waals surface area contributed by atoms with E-state index in [1.54, 1.807) is 19.1 Å². The maximum Gasteiger partial charge on any atom is 0.326 e. The van der Waals surface area contributed by atoms with Gasteiger partial charge in [-0.05, 0) is 36.6 Å². The molecule has 236 valence electrons. The summed E-state index contributed by atoms with van der Waals surface area (Å²) in [6.45, 7) is 9.24. The summed E-state index contributed by atoms with van der Waals surface area (Å²) in [7, 11) is 0. The van der Waals surface area contributed by atoms with Crippen molar-refractivity contribution >= 4 is 29.5 Å². The van der Waals surface area contributed by atoms with Crippen molar-refractivity contribution in [1.29, 1.82) is 0 Å². The van der Waals surface area contributed by atoms with Crippen molar-refractivity contribution in [3.05, 3.63) is 108 Å². The average molecular weight is 619 g/mol. The molecule has 0 fully saturated rings. The first-order chi connectivity index (χ1) is 21.0. The van der Waals surface area contributed by atoms with Gasteiger partial charge in [0.2, 0.25) is 5.91 Å². The van der Waals surface area contributed by atoms with Gasteiger partial charge in [-0.25, -0.2) is 4.79 Å². The van der Waals surface area contributed by atoms with Gasteiger partial charge in [0.25, 0.3) is 5.91 Å². The Bertz CT molecular complexity index is 1300. The van der Waals surface area contributed by atoms with E-state index in [9.17, 15) is 19.5 Å². The second-order valence-corrected chi connectivity index (χ2v) is 13.8. The van der Waals surface area contributed by atoms with Crippen LogP contribution in [0.15, 0.2) is 91.0 Å². The summed E-state index contributed by atoms with van der Waals surface area (Å²) in [6.07, 6.45) is 0.869. The predicted molar refractivity (Wildman–Crippen MR) is 179 cm³/mol. The van der Waals surface area contributed by atoms with Crippen LogP contribution >= 0.6 is 11.8 Å². The number of carboxylic acid groups (broad SMARTS) is 1. The van der Waals surface area contributed by atoms with E-state index in [-0.39, 0.29) is 35.1 Å². The van der Waals surface area contributed by atoms with Crippen LogP contribution in [-0.2, 0) is 22.4 Å². The zero-order valence-corrected chi connectivity index (χ0v) is 26.9. The van der Waals surface area contributed by atoms with E-state index in [0.717, 1.165) is 16.9 Å². The largest absolute Gasteiger partial charge is 0.480 e. The lowest BCUT2D eigenvalue weighted by molar-refractivity contribution is -0.142. The zero-order chi connectivity index (χ0) is 32.0. The van der Waals surface area contributed by atoms with Gasteiger partial charge >= 0.3 is 5.97 Å². The molecule has 3 rings (SSSR count). The minimum atomic E-state index is -1.07. The van der Waals surface area contributed by atoms with E-state index >= 15 is 0 Å². The van der Waals surface area contributed by atoms with Crippen LogP contribution in [0.1, 0.15) is 49.2 Å². The normalized spacial score (nSPS) is 14.2. The Balaban J connectivity index is 1.63. The number of carboxylic acids is 1. The SMILES string of the molecule is C[C@H](NC[C@H](CSC(C)(C)C)NC[C@H](Cc1ccccc1)NC(=O)c1ccccc1)C(=O)N[C@@H](Cc1ccccc1)C(=O)O. The predicted octanol–water partition coefficient (Wildman–Crippen LogP) is 4.31. The number of rotatable bonds is 17. The van der Waals surface area contributed by atoms with Gasteiger partial charge in [0.15, 0.2) is 0 Å². The third-order valence-corrected chi connectivity index (χ3v) is 8.46. The number of carbonyl (C=O) groups excluding carboxylic acids is 2. The van der Waals surface area contributed by atoms with E-state index in [0.29, 0.717) is 25.1 Å². The molecule has 3 aromatic rings. The Labute approximate surface area is 265 Å². The van der Waals surface area contributed by atoms with Crippen molar-refractivity contribution in [2.45, 2.75) is 69.5 Å². The first kappa shape index (κ1) is 34.8. The molecule has 9 heteroatoms. The van der Waals surface area contributed by atoms with Gasteiger partial charge in [-0.15, -0.1) is 0 Å². The monoisotopic (exact) mass is 618 g/mol. The summed E-state index contributed by atoms with van der Waals surface area (Å²) >= 11 is 1.82. The van der Waals surface area contributed by atoms with Crippen molar-refractivity contribution in [1.82, 2.24) is 21.3 Å². The Hall–Kier alpha value is -3.66. The minimum absolute atomic E-state index is 0.0130. The summed E-state index contributed by atoms with van der Waals surface area (Å²) in [4.78, 5) is 37.9. The van der Waals surface area contributed by atoms with Crippen LogP contribution in [0.3, 0.4) is 0 Å². The lowest BCUT2D eigenvalue weighted by atomic mass is 10.0. The van der Waals surface area contributed by atoms with Crippen molar-refractivity contribution in [3.8, 4) is 0 Å². The summed E-state index contributed by atoms with van der Waals surface area (Å²) in [5, 5.41) is 22.5. The number of hydrogen-bond acceptors (Lipinski definition) is 6. The second-order valence-electron chi connectivity index (χ2n) is 12.0. The molecule has 0 aliphatic rings. The first-order valence-corrected chi connectivity index (χ1v) is 16.1. The van der Waals surface area contributed by atoms with Crippen LogP contribution < -0.4 is 21.3 Å². The van der Waals surface area contributed by atoms with Crippen LogP contribution in [0.4, 0.5) is 0 Å². The lowest BCUT2D eigenvalue weighted by Gasteiger charge is -2.28. The molecule has 44 heavy (non-hydrogen) atoms. The van der Waals surface area contributed by atoms with Crippen LogP contribution in [0.2, 0.25) is 0 Å². The molecule has 5 N–H and O–H groups in total. The number of carbonyl (C=O) groups is 3. The van der Waals surface area contributed by atoms with Gasteiger partial charge < -0.3 is 26.4 Å². The van der Waals surface area contributed by atoms with E-state index < -0.39 is 18.1 Å². The van der Waals surface area contributed by atoms with E-state index in [1.165, 1.54) is 0 Å². The fraction of sp³-hybridized carbons (Fsp3) is 0.400. The maximum atomic E-state index is 13.0. The molecule has 0 saturated carbocycles. The molecule has 2 amide bonds. The van der Waals surface area contributed by atoms with Gasteiger partial charge in [0, 0.05) is 47.7 Å². The van der Waals surface area contributed by atoms with Gasteiger partial charge in [-0.3, -0.25) is 9.59 Å². The lowest BCUT2D eigenvalue weighted by Crippen LogP contribution is -2.54. The van der Waals surface area contributed by atoms with Crippen molar-refractivity contribution in [2.75, 3.05) is 18.8 Å². The molecule has 8 nitrogen and oxygen atoms in total. The number of hydrogen-bond donors (Lipinski definition) is 5. The van der Waals surface area contributed by atoms with Crippen molar-refractivity contribution in [2.24, 2.45) is 0 Å². The van der Waals surface area contributed by atoms with Gasteiger partial charge in [0.05, 0.1) is 6.04 Å². The molecule has 0 spiro atoms. The molecule has 4 atom stereocenters. The van der Waals surface area contributed by atoms with Gasteiger partial charge in [-0.1, -0.05) is 99.6 Å². The third-order valence-electron chi connectivity index (χ3n) is 7.03. The quantitative estimate of drug-likeness (QED) is 0.153. The van der Waals surface area contributed by atoms with Gasteiger partial charge in [-0.2, -0.15) is 11.8 Å². The van der Waals surface area contributed by atoms with E-state index in [4.69, 9.17) is 0 Å². The highest BCUT2D eigenvalue weighted by molar-refractivity contribution is 8.00. The second kappa shape index (κ2) is 17.6. The molecule has 0 unspecified atom stereocenters. The number of aliphatic carboxylic acids is 1. The molecule has 0 aromatic heterocycles. The highest BCUT2D eigenvalue weighted by Crippen LogP contribution is 2.23. The van der Waals surface area contributed by atoms with Gasteiger partial charge in [0.1, 0.15) is 6.04 Å². The van der Waals surface area contributed by atoms with Crippen molar-refractivity contribution in [3.63, 3.8) is 0 Å². The summed E-state index contributed by atoms with van der Waals surface area (Å²) in [5.74, 6) is -0.785. The smallest absolute Gasteiger partial charge is 0.326 e. The fourth-order valence-electron chi connectivity index (χ4n) is 4.54. The van der Waals surface area contributed by atoms with Crippen LogP contribution in [0.5, 0.6) is 0 Å². The summed E-state index contributed by atoms with van der Waals surface area (Å²) in [6, 6.07) is 26.7. The highest BCUT2D eigenvalue weighted by Gasteiger charge is 2.25. The topological polar surface area (TPSA) is 120 Å². The average Bonchev–Trinajstić information content (AvgIpc) is 3.00. The van der Waals surface area contributed by atoms with E-state index in [2.05, 4.69) is 54.2 Å². The molecule has 0 radical (unpaired) electrons. The van der Waals surface area contributed by atoms with Crippen LogP contribution in [0.25, 0.3) is 0 Å². The Morgan fingerprint density at radius 2 is 1.25 bits per heavy atom. The Morgan fingerprint density at radius 1 is 0.727 bits per heavy atom. The molecule has 0 saturated heterocycles. The number of thioether (sulfide) groups is 1. The number of amides is 2. The van der Waals surface area contributed by atoms with Crippen LogP contribution in [0, 0.1) is 0 Å². The van der Waals surface area contributed by atoms with Crippen molar-refractivity contribution < 1.29 is 19.5 Å².